The van der Waals surface area contributed by atoms with Crippen molar-refractivity contribution in [2.45, 2.75) is 13.0 Å². The first-order valence-corrected chi connectivity index (χ1v) is 7.82. The fourth-order valence-corrected chi connectivity index (χ4v) is 2.24. The average Bonchev–Trinajstić information content (AvgIpc) is 2.62. The predicted octanol–water partition coefficient (Wildman–Crippen LogP) is 3.54. The number of methoxy groups -OCH3 is 2. The van der Waals surface area contributed by atoms with Crippen molar-refractivity contribution in [1.82, 2.24) is 0 Å². The maximum Gasteiger partial charge on any atom is 0.339 e. The third-order valence-electron chi connectivity index (χ3n) is 3.36. The van der Waals surface area contributed by atoms with Gasteiger partial charge in [0.05, 0.1) is 24.8 Å². The topological polar surface area (TPSA) is 73.9 Å². The van der Waals surface area contributed by atoms with Crippen LogP contribution in [0.2, 0.25) is 5.02 Å². The maximum atomic E-state index is 12.3. The Morgan fingerprint density at radius 3 is 2.48 bits per heavy atom. The number of rotatable bonds is 6. The molecule has 25 heavy (non-hydrogen) atoms. The summed E-state index contributed by atoms with van der Waals surface area (Å²) in [5.41, 5.74) is 0.583. The minimum absolute atomic E-state index is 0.170. The molecular formula is C18H18ClNO5. The minimum Gasteiger partial charge on any atom is -0.497 e. The first-order chi connectivity index (χ1) is 11.9. The Bertz CT molecular complexity index is 778. The summed E-state index contributed by atoms with van der Waals surface area (Å²) in [6.45, 7) is 1.62. The molecule has 7 heteroatoms. The second-order valence-electron chi connectivity index (χ2n) is 5.11. The second-order valence-corrected chi connectivity index (χ2v) is 5.52. The van der Waals surface area contributed by atoms with E-state index in [-0.39, 0.29) is 16.5 Å². The highest BCUT2D eigenvalue weighted by molar-refractivity contribution is 6.33. The van der Waals surface area contributed by atoms with Gasteiger partial charge in [-0.05, 0) is 37.3 Å². The van der Waals surface area contributed by atoms with Gasteiger partial charge in [0.25, 0.3) is 5.91 Å². The van der Waals surface area contributed by atoms with E-state index >= 15 is 0 Å². The number of halogens is 1. The lowest BCUT2D eigenvalue weighted by molar-refractivity contribution is -0.122. The quantitative estimate of drug-likeness (QED) is 0.794. The van der Waals surface area contributed by atoms with E-state index < -0.39 is 12.1 Å². The summed E-state index contributed by atoms with van der Waals surface area (Å²) in [5.74, 6) is 0.182. The monoisotopic (exact) mass is 363 g/mol. The van der Waals surface area contributed by atoms with E-state index in [0.717, 1.165) is 0 Å². The van der Waals surface area contributed by atoms with Gasteiger partial charge in [0.15, 0.2) is 6.10 Å². The average molecular weight is 364 g/mol. The van der Waals surface area contributed by atoms with Crippen LogP contribution in [-0.4, -0.2) is 32.2 Å². The van der Waals surface area contributed by atoms with Crippen molar-refractivity contribution in [2.24, 2.45) is 0 Å². The zero-order chi connectivity index (χ0) is 18.4. The zero-order valence-electron chi connectivity index (χ0n) is 14.0. The van der Waals surface area contributed by atoms with Crippen LogP contribution < -0.4 is 14.8 Å². The number of esters is 1. The maximum absolute atomic E-state index is 12.3. The van der Waals surface area contributed by atoms with Gasteiger partial charge in [0, 0.05) is 11.8 Å². The largest absolute Gasteiger partial charge is 0.497 e. The van der Waals surface area contributed by atoms with Crippen molar-refractivity contribution < 1.29 is 23.8 Å². The molecule has 0 saturated heterocycles. The summed E-state index contributed by atoms with van der Waals surface area (Å²) in [5, 5.41) is 2.92. The molecule has 2 aromatic carbocycles. The van der Waals surface area contributed by atoms with Crippen LogP contribution >= 0.6 is 11.6 Å². The molecule has 2 aromatic rings. The van der Waals surface area contributed by atoms with Crippen molar-refractivity contribution in [1.29, 1.82) is 0 Å². The molecule has 0 heterocycles. The molecule has 0 spiro atoms. The third-order valence-corrected chi connectivity index (χ3v) is 3.69. The van der Waals surface area contributed by atoms with Crippen LogP contribution in [0.4, 0.5) is 5.69 Å². The number of hydrogen-bond acceptors (Lipinski definition) is 5. The number of nitrogens with one attached hydrogen (secondary N) is 1. The SMILES string of the molecule is COC(=O)c1cc(NC(=O)[C@@H](C)Oc2cccc(OC)c2)ccc1Cl. The first kappa shape index (κ1) is 18.6. The number of benzene rings is 2. The van der Waals surface area contributed by atoms with Crippen LogP contribution in [0.25, 0.3) is 0 Å². The molecular weight excluding hydrogens is 346 g/mol. The molecule has 132 valence electrons. The van der Waals surface area contributed by atoms with Crippen LogP contribution in [0.1, 0.15) is 17.3 Å². The first-order valence-electron chi connectivity index (χ1n) is 7.44. The molecule has 0 unspecified atom stereocenters. The number of anilines is 1. The van der Waals surface area contributed by atoms with E-state index in [0.29, 0.717) is 17.2 Å². The normalized spacial score (nSPS) is 11.4. The molecule has 0 fully saturated rings. The van der Waals surface area contributed by atoms with Gasteiger partial charge < -0.3 is 19.5 Å². The Balaban J connectivity index is 2.07. The second kappa shape index (κ2) is 8.39. The highest BCUT2D eigenvalue weighted by Gasteiger charge is 2.17. The molecule has 0 radical (unpaired) electrons. The number of carbonyl (C=O) groups excluding carboxylic acids is 2. The number of carbonyl (C=O) groups is 2. The molecule has 0 aliphatic rings. The molecule has 0 saturated carbocycles. The van der Waals surface area contributed by atoms with Gasteiger partial charge in [-0.2, -0.15) is 0 Å². The van der Waals surface area contributed by atoms with E-state index in [1.165, 1.54) is 19.2 Å². The summed E-state index contributed by atoms with van der Waals surface area (Å²) in [7, 11) is 2.81. The summed E-state index contributed by atoms with van der Waals surface area (Å²) >= 11 is 5.95. The van der Waals surface area contributed by atoms with Gasteiger partial charge in [-0.25, -0.2) is 4.79 Å². The molecule has 0 aliphatic carbocycles. The highest BCUT2D eigenvalue weighted by Crippen LogP contribution is 2.23. The lowest BCUT2D eigenvalue weighted by Gasteiger charge is -2.15. The van der Waals surface area contributed by atoms with E-state index in [2.05, 4.69) is 10.1 Å². The number of hydrogen-bond donors (Lipinski definition) is 1. The molecule has 0 bridgehead atoms. The van der Waals surface area contributed by atoms with Gasteiger partial charge in [0.1, 0.15) is 11.5 Å². The molecule has 2 rings (SSSR count). The fraction of sp³-hybridized carbons (Fsp3) is 0.222. The van der Waals surface area contributed by atoms with Gasteiger partial charge in [-0.1, -0.05) is 17.7 Å². The lowest BCUT2D eigenvalue weighted by Crippen LogP contribution is -2.30. The Kier molecular flexibility index (Phi) is 6.25. The smallest absolute Gasteiger partial charge is 0.339 e. The van der Waals surface area contributed by atoms with Crippen LogP contribution in [0, 0.1) is 0 Å². The zero-order valence-corrected chi connectivity index (χ0v) is 14.8. The van der Waals surface area contributed by atoms with E-state index in [9.17, 15) is 9.59 Å². The minimum atomic E-state index is -0.760. The Labute approximate surface area is 150 Å². The van der Waals surface area contributed by atoms with E-state index in [1.807, 2.05) is 0 Å². The van der Waals surface area contributed by atoms with Crippen LogP contribution in [-0.2, 0) is 9.53 Å². The van der Waals surface area contributed by atoms with Crippen LogP contribution in [0.15, 0.2) is 42.5 Å². The fourth-order valence-electron chi connectivity index (χ4n) is 2.05. The summed E-state index contributed by atoms with van der Waals surface area (Å²) in [6, 6.07) is 11.5. The predicted molar refractivity (Wildman–Crippen MR) is 94.5 cm³/mol. The molecule has 1 N–H and O–H groups in total. The Hall–Kier alpha value is -2.73. The van der Waals surface area contributed by atoms with Crippen molar-refractivity contribution >= 4 is 29.2 Å². The molecule has 1 amide bonds. The van der Waals surface area contributed by atoms with Crippen molar-refractivity contribution in [2.75, 3.05) is 19.5 Å². The molecule has 1 atom stereocenters. The molecule has 0 aromatic heterocycles. The Morgan fingerprint density at radius 2 is 1.80 bits per heavy atom. The van der Waals surface area contributed by atoms with Crippen molar-refractivity contribution in [3.05, 3.63) is 53.1 Å². The molecule has 0 aliphatic heterocycles. The van der Waals surface area contributed by atoms with Gasteiger partial charge >= 0.3 is 5.97 Å². The summed E-state index contributed by atoms with van der Waals surface area (Å²) < 4.78 is 15.4. The van der Waals surface area contributed by atoms with Gasteiger partial charge in [0.2, 0.25) is 0 Å². The van der Waals surface area contributed by atoms with Gasteiger partial charge in [-0.15, -0.1) is 0 Å². The van der Waals surface area contributed by atoms with Crippen molar-refractivity contribution in [3.63, 3.8) is 0 Å². The van der Waals surface area contributed by atoms with Gasteiger partial charge in [-0.3, -0.25) is 4.79 Å². The number of ether oxygens (including phenoxy) is 3. The van der Waals surface area contributed by atoms with E-state index in [1.54, 1.807) is 44.4 Å². The summed E-state index contributed by atoms with van der Waals surface area (Å²) in [6.07, 6.45) is -0.760. The standard InChI is InChI=1S/C18H18ClNO5/c1-11(25-14-6-4-5-13(10-14)23-2)17(21)20-12-7-8-16(19)15(9-12)18(22)24-3/h4-11H,1-3H3,(H,20,21)/t11-/m1/s1. The van der Waals surface area contributed by atoms with E-state index in [4.69, 9.17) is 21.1 Å². The highest BCUT2D eigenvalue weighted by atomic mass is 35.5. The third kappa shape index (κ3) is 4.87. The lowest BCUT2D eigenvalue weighted by atomic mass is 10.2. The Morgan fingerprint density at radius 1 is 1.08 bits per heavy atom. The number of amides is 1. The molecule has 6 nitrogen and oxygen atoms in total. The van der Waals surface area contributed by atoms with Crippen molar-refractivity contribution in [3.8, 4) is 11.5 Å². The van der Waals surface area contributed by atoms with Crippen LogP contribution in [0.5, 0.6) is 11.5 Å². The summed E-state index contributed by atoms with van der Waals surface area (Å²) in [4.78, 5) is 23.9. The van der Waals surface area contributed by atoms with Crippen LogP contribution in [0.3, 0.4) is 0 Å².